The lowest BCUT2D eigenvalue weighted by molar-refractivity contribution is -0.0885. The Morgan fingerprint density at radius 2 is 1.53 bits per heavy atom. The lowest BCUT2D eigenvalue weighted by Gasteiger charge is -2.08. The highest BCUT2D eigenvalue weighted by atomic mass is 19.4. The number of hydrogen-bond acceptors (Lipinski definition) is 1. The molecular formula is C10H8F4O. The Hall–Kier alpha value is -1.39. The fourth-order valence-electron chi connectivity index (χ4n) is 1.24. The third-order valence-corrected chi connectivity index (χ3v) is 1.96. The van der Waals surface area contributed by atoms with Gasteiger partial charge in [-0.05, 0) is 37.1 Å². The first-order valence-electron chi connectivity index (χ1n) is 4.11. The largest absolute Gasteiger partial charge is 0.454 e. The van der Waals surface area contributed by atoms with E-state index in [0.717, 1.165) is 12.1 Å². The Bertz CT molecular complexity index is 383. The van der Waals surface area contributed by atoms with Crippen molar-refractivity contribution in [2.45, 2.75) is 20.0 Å². The molecule has 0 bridgehead atoms. The van der Waals surface area contributed by atoms with Gasteiger partial charge in [-0.25, -0.2) is 4.39 Å². The smallest absolute Gasteiger partial charge is 0.284 e. The molecule has 0 N–H and O–H groups in total. The molecule has 0 amide bonds. The van der Waals surface area contributed by atoms with Crippen molar-refractivity contribution < 1.29 is 22.4 Å². The van der Waals surface area contributed by atoms with E-state index in [2.05, 4.69) is 0 Å². The van der Waals surface area contributed by atoms with Gasteiger partial charge in [-0.1, -0.05) is 0 Å². The van der Waals surface area contributed by atoms with E-state index in [1.807, 2.05) is 0 Å². The molecule has 0 heterocycles. The Balaban J connectivity index is 3.24. The number of aryl methyl sites for hydroxylation is 2. The zero-order valence-corrected chi connectivity index (χ0v) is 8.07. The van der Waals surface area contributed by atoms with Gasteiger partial charge in [0.15, 0.2) is 0 Å². The molecule has 1 nitrogen and oxygen atoms in total. The molecule has 0 spiro atoms. The molecule has 1 rings (SSSR count). The molecule has 0 fully saturated rings. The molecule has 0 atom stereocenters. The maximum Gasteiger partial charge on any atom is 0.454 e. The molecule has 0 unspecified atom stereocenters. The monoisotopic (exact) mass is 220 g/mol. The Kier molecular flexibility index (Phi) is 2.83. The van der Waals surface area contributed by atoms with Gasteiger partial charge in [0.05, 0.1) is 0 Å². The van der Waals surface area contributed by atoms with Crippen LogP contribution in [0.1, 0.15) is 21.5 Å². The summed E-state index contributed by atoms with van der Waals surface area (Å²) >= 11 is 0. The maximum atomic E-state index is 13.1. The minimum atomic E-state index is -4.92. The van der Waals surface area contributed by atoms with Gasteiger partial charge < -0.3 is 0 Å². The maximum absolute atomic E-state index is 13.1. The first kappa shape index (κ1) is 11.7. The van der Waals surface area contributed by atoms with E-state index in [-0.39, 0.29) is 11.1 Å². The minimum absolute atomic E-state index is 0.0302. The predicted molar refractivity (Wildman–Crippen MR) is 46.3 cm³/mol. The van der Waals surface area contributed by atoms with Gasteiger partial charge in [-0.3, -0.25) is 4.79 Å². The summed E-state index contributed by atoms with van der Waals surface area (Å²) in [5.41, 5.74) is -0.468. The van der Waals surface area contributed by atoms with Crippen molar-refractivity contribution in [2.75, 3.05) is 0 Å². The van der Waals surface area contributed by atoms with Gasteiger partial charge in [0.2, 0.25) is 0 Å². The number of halogens is 4. The molecule has 15 heavy (non-hydrogen) atoms. The fraction of sp³-hybridized carbons (Fsp3) is 0.300. The lowest BCUT2D eigenvalue weighted by Crippen LogP contribution is -2.23. The van der Waals surface area contributed by atoms with Crippen molar-refractivity contribution in [2.24, 2.45) is 0 Å². The van der Waals surface area contributed by atoms with E-state index >= 15 is 0 Å². The van der Waals surface area contributed by atoms with Crippen LogP contribution in [0.2, 0.25) is 0 Å². The second-order valence-electron chi connectivity index (χ2n) is 3.25. The van der Waals surface area contributed by atoms with Crippen LogP contribution in [0.25, 0.3) is 0 Å². The molecule has 0 saturated carbocycles. The molecule has 0 aliphatic heterocycles. The normalized spacial score (nSPS) is 11.6. The van der Waals surface area contributed by atoms with Gasteiger partial charge >= 0.3 is 6.18 Å². The minimum Gasteiger partial charge on any atom is -0.284 e. The molecule has 0 aliphatic rings. The Morgan fingerprint density at radius 1 is 1.13 bits per heavy atom. The van der Waals surface area contributed by atoms with E-state index in [4.69, 9.17) is 0 Å². The van der Waals surface area contributed by atoms with Crippen LogP contribution in [-0.2, 0) is 0 Å². The number of carbonyl (C=O) groups excluding carboxylic acids is 1. The van der Waals surface area contributed by atoms with E-state index in [0.29, 0.717) is 0 Å². The zero-order chi connectivity index (χ0) is 11.8. The average molecular weight is 220 g/mol. The van der Waals surface area contributed by atoms with Crippen LogP contribution >= 0.6 is 0 Å². The average Bonchev–Trinajstić information content (AvgIpc) is 2.10. The summed E-state index contributed by atoms with van der Waals surface area (Å²) in [4.78, 5) is 10.8. The number of rotatable bonds is 1. The third-order valence-electron chi connectivity index (χ3n) is 1.96. The van der Waals surface area contributed by atoms with Gasteiger partial charge in [0.25, 0.3) is 5.78 Å². The van der Waals surface area contributed by atoms with Crippen LogP contribution in [0.3, 0.4) is 0 Å². The molecule has 0 radical (unpaired) electrons. The highest BCUT2D eigenvalue weighted by Crippen LogP contribution is 2.24. The molecule has 1 aromatic carbocycles. The SMILES string of the molecule is Cc1cc(C(=O)C(F)(F)F)cc(C)c1F. The highest BCUT2D eigenvalue weighted by Gasteiger charge is 2.39. The van der Waals surface area contributed by atoms with Crippen LogP contribution in [0, 0.1) is 19.7 Å². The summed E-state index contributed by atoms with van der Waals surface area (Å²) in [5, 5.41) is 0. The van der Waals surface area contributed by atoms with Crippen molar-refractivity contribution >= 4 is 5.78 Å². The summed E-state index contributed by atoms with van der Waals surface area (Å²) in [6, 6.07) is 1.80. The highest BCUT2D eigenvalue weighted by molar-refractivity contribution is 6.00. The van der Waals surface area contributed by atoms with Crippen LogP contribution in [0.15, 0.2) is 12.1 Å². The number of benzene rings is 1. The molecule has 5 heteroatoms. The van der Waals surface area contributed by atoms with E-state index < -0.39 is 23.3 Å². The van der Waals surface area contributed by atoms with Crippen molar-refractivity contribution in [1.29, 1.82) is 0 Å². The summed E-state index contributed by atoms with van der Waals surface area (Å²) in [6.45, 7) is 2.63. The topological polar surface area (TPSA) is 17.1 Å². The fourth-order valence-corrected chi connectivity index (χ4v) is 1.24. The summed E-state index contributed by atoms with van der Waals surface area (Å²) in [7, 11) is 0. The Labute approximate surface area is 83.7 Å². The van der Waals surface area contributed by atoms with E-state index in [1.54, 1.807) is 0 Å². The quantitative estimate of drug-likeness (QED) is 0.524. The predicted octanol–water partition coefficient (Wildman–Crippen LogP) is 3.19. The van der Waals surface area contributed by atoms with Crippen molar-refractivity contribution in [3.63, 3.8) is 0 Å². The molecule has 0 aromatic heterocycles. The van der Waals surface area contributed by atoms with Crippen molar-refractivity contribution in [3.8, 4) is 0 Å². The number of carbonyl (C=O) groups is 1. The summed E-state index contributed by atoms with van der Waals surface area (Å²) < 4.78 is 49.2. The number of ketones is 1. The molecule has 0 aliphatic carbocycles. The summed E-state index contributed by atoms with van der Waals surface area (Å²) in [6.07, 6.45) is -4.92. The molecular weight excluding hydrogens is 212 g/mol. The number of alkyl halides is 3. The second-order valence-corrected chi connectivity index (χ2v) is 3.25. The zero-order valence-electron chi connectivity index (χ0n) is 8.07. The summed E-state index contributed by atoms with van der Waals surface area (Å²) in [5.74, 6) is -2.54. The van der Waals surface area contributed by atoms with Crippen LogP contribution in [-0.4, -0.2) is 12.0 Å². The van der Waals surface area contributed by atoms with Crippen LogP contribution in [0.5, 0.6) is 0 Å². The van der Waals surface area contributed by atoms with Crippen LogP contribution in [0.4, 0.5) is 17.6 Å². The second kappa shape index (κ2) is 3.64. The molecule has 1 aromatic rings. The molecule has 0 saturated heterocycles. The van der Waals surface area contributed by atoms with Gasteiger partial charge in [0.1, 0.15) is 5.82 Å². The first-order valence-corrected chi connectivity index (χ1v) is 4.11. The standard InChI is InChI=1S/C10H8F4O/c1-5-3-7(4-6(2)8(5)11)9(15)10(12,13)14/h3-4H,1-2H3. The Morgan fingerprint density at radius 3 is 1.87 bits per heavy atom. The lowest BCUT2D eigenvalue weighted by atomic mass is 10.0. The van der Waals surface area contributed by atoms with Gasteiger partial charge in [-0.15, -0.1) is 0 Å². The van der Waals surface area contributed by atoms with E-state index in [1.165, 1.54) is 13.8 Å². The molecule has 82 valence electrons. The number of hydrogen-bond donors (Lipinski definition) is 0. The number of Topliss-reactive ketones (excluding diaryl/α,β-unsaturated/α-hetero) is 1. The van der Waals surface area contributed by atoms with Gasteiger partial charge in [0, 0.05) is 5.56 Å². The van der Waals surface area contributed by atoms with E-state index in [9.17, 15) is 22.4 Å². The first-order chi connectivity index (χ1) is 6.73. The van der Waals surface area contributed by atoms with Crippen LogP contribution < -0.4 is 0 Å². The van der Waals surface area contributed by atoms with Crippen molar-refractivity contribution in [1.82, 2.24) is 0 Å². The van der Waals surface area contributed by atoms with Gasteiger partial charge in [-0.2, -0.15) is 13.2 Å². The third kappa shape index (κ3) is 2.34. The van der Waals surface area contributed by atoms with Crippen molar-refractivity contribution in [3.05, 3.63) is 34.6 Å².